The Bertz CT molecular complexity index is 545. The van der Waals surface area contributed by atoms with Crippen LogP contribution in [0.1, 0.15) is 24.0 Å². The molecule has 0 unspecified atom stereocenters. The molecular weight excluding hydrogens is 264 g/mol. The van der Waals surface area contributed by atoms with Gasteiger partial charge >= 0.3 is 6.03 Å². The van der Waals surface area contributed by atoms with Crippen LogP contribution >= 0.6 is 0 Å². The number of hydrogen-bond donors (Lipinski definition) is 3. The first-order valence-electron chi connectivity index (χ1n) is 7.20. The van der Waals surface area contributed by atoms with Gasteiger partial charge < -0.3 is 21.8 Å². The van der Waals surface area contributed by atoms with Gasteiger partial charge in [-0.3, -0.25) is 0 Å². The van der Waals surface area contributed by atoms with Crippen molar-refractivity contribution < 1.29 is 4.79 Å². The zero-order valence-electron chi connectivity index (χ0n) is 12.1. The molecule has 21 heavy (non-hydrogen) atoms. The summed E-state index contributed by atoms with van der Waals surface area (Å²) in [4.78, 5) is 12.8. The standard InChI is InChI=1S/C16H22N4O/c17-10-15(11-18)14-3-1-2-13(9-14)8-12-4-6-20(7-5-12)16(19)21/h1-3,9-12,17H,4-8,18H2,(H2,19,21)/b15-11+,17-10?. The molecule has 2 rings (SSSR count). The number of nitrogens with one attached hydrogen (secondary N) is 1. The molecule has 0 atom stereocenters. The quantitative estimate of drug-likeness (QED) is 0.738. The topological polar surface area (TPSA) is 96.2 Å². The molecule has 112 valence electrons. The molecule has 1 aromatic carbocycles. The van der Waals surface area contributed by atoms with E-state index in [9.17, 15) is 4.79 Å². The molecule has 1 aliphatic rings. The number of carbonyl (C=O) groups is 1. The van der Waals surface area contributed by atoms with Crippen molar-refractivity contribution in [1.82, 2.24) is 4.90 Å². The van der Waals surface area contributed by atoms with E-state index >= 15 is 0 Å². The molecule has 0 aliphatic carbocycles. The molecule has 5 heteroatoms. The summed E-state index contributed by atoms with van der Waals surface area (Å²) in [5, 5.41) is 7.36. The third kappa shape index (κ3) is 3.84. The normalized spacial score (nSPS) is 16.8. The summed E-state index contributed by atoms with van der Waals surface area (Å²) < 4.78 is 0. The molecule has 0 spiro atoms. The van der Waals surface area contributed by atoms with Gasteiger partial charge in [-0.25, -0.2) is 4.79 Å². The van der Waals surface area contributed by atoms with E-state index in [0.717, 1.165) is 43.5 Å². The first-order chi connectivity index (χ1) is 10.1. The predicted octanol–water partition coefficient (Wildman–Crippen LogP) is 1.97. The Labute approximate surface area is 125 Å². The first kappa shape index (κ1) is 15.1. The molecule has 1 saturated heterocycles. The Morgan fingerprint density at radius 1 is 1.38 bits per heavy atom. The van der Waals surface area contributed by atoms with Gasteiger partial charge in [-0.05, 0) is 36.3 Å². The Balaban J connectivity index is 1.99. The van der Waals surface area contributed by atoms with Crippen molar-refractivity contribution in [2.75, 3.05) is 13.1 Å². The maximum atomic E-state index is 11.1. The van der Waals surface area contributed by atoms with Crippen molar-refractivity contribution in [2.45, 2.75) is 19.3 Å². The van der Waals surface area contributed by atoms with Crippen molar-refractivity contribution in [3.05, 3.63) is 41.6 Å². The minimum absolute atomic E-state index is 0.320. The molecule has 5 nitrogen and oxygen atoms in total. The lowest BCUT2D eigenvalue weighted by molar-refractivity contribution is 0.179. The summed E-state index contributed by atoms with van der Waals surface area (Å²) in [6.07, 6.45) is 5.67. The number of hydrogen-bond acceptors (Lipinski definition) is 3. The van der Waals surface area contributed by atoms with Gasteiger partial charge in [-0.1, -0.05) is 24.3 Å². The molecule has 1 aliphatic heterocycles. The minimum atomic E-state index is -0.320. The van der Waals surface area contributed by atoms with E-state index < -0.39 is 0 Å². The second-order valence-corrected chi connectivity index (χ2v) is 5.44. The van der Waals surface area contributed by atoms with E-state index in [2.05, 4.69) is 12.1 Å². The van der Waals surface area contributed by atoms with Gasteiger partial charge in [0.1, 0.15) is 0 Å². The fraction of sp³-hybridized carbons (Fsp3) is 0.375. The molecule has 5 N–H and O–H groups in total. The van der Waals surface area contributed by atoms with Gasteiger partial charge in [-0.15, -0.1) is 0 Å². The predicted molar refractivity (Wildman–Crippen MR) is 85.0 cm³/mol. The van der Waals surface area contributed by atoms with Gasteiger partial charge in [0, 0.05) is 31.1 Å². The highest BCUT2D eigenvalue weighted by atomic mass is 16.2. The number of rotatable bonds is 4. The Hall–Kier alpha value is -2.30. The molecule has 1 aromatic rings. The Kier molecular flexibility index (Phi) is 4.98. The van der Waals surface area contributed by atoms with E-state index in [4.69, 9.17) is 16.9 Å². The van der Waals surface area contributed by atoms with E-state index in [-0.39, 0.29) is 6.03 Å². The number of primary amides is 1. The molecule has 1 heterocycles. The van der Waals surface area contributed by atoms with Crippen molar-refractivity contribution in [3.8, 4) is 0 Å². The molecule has 0 saturated carbocycles. The number of nitrogens with zero attached hydrogens (tertiary/aromatic N) is 1. The number of allylic oxidation sites excluding steroid dienone is 1. The number of nitrogens with two attached hydrogens (primary N) is 2. The van der Waals surface area contributed by atoms with Crippen LogP contribution < -0.4 is 11.5 Å². The van der Waals surface area contributed by atoms with Gasteiger partial charge in [0.05, 0.1) is 0 Å². The number of likely N-dealkylation sites (tertiary alicyclic amines) is 1. The molecule has 2 amide bonds. The van der Waals surface area contributed by atoms with Gasteiger partial charge in [0.2, 0.25) is 0 Å². The monoisotopic (exact) mass is 286 g/mol. The van der Waals surface area contributed by atoms with E-state index in [1.807, 2.05) is 12.1 Å². The van der Waals surface area contributed by atoms with Crippen LogP contribution in [0, 0.1) is 11.3 Å². The fourth-order valence-electron chi connectivity index (χ4n) is 2.80. The summed E-state index contributed by atoms with van der Waals surface area (Å²) in [6.45, 7) is 1.49. The lowest BCUT2D eigenvalue weighted by atomic mass is 9.89. The summed E-state index contributed by atoms with van der Waals surface area (Å²) in [5.41, 5.74) is 13.8. The molecule has 0 bridgehead atoms. The Morgan fingerprint density at radius 3 is 2.67 bits per heavy atom. The number of urea groups is 1. The third-order valence-corrected chi connectivity index (χ3v) is 4.05. The molecule has 0 aromatic heterocycles. The highest BCUT2D eigenvalue weighted by Gasteiger charge is 2.21. The zero-order chi connectivity index (χ0) is 15.2. The maximum absolute atomic E-state index is 11.1. The van der Waals surface area contributed by atoms with Crippen LogP contribution in [0.15, 0.2) is 30.5 Å². The zero-order valence-corrected chi connectivity index (χ0v) is 12.1. The SMILES string of the molecule is N=C/C(=C\N)c1cccc(CC2CCN(C(N)=O)CC2)c1. The summed E-state index contributed by atoms with van der Waals surface area (Å²) >= 11 is 0. The molecule has 0 radical (unpaired) electrons. The largest absolute Gasteiger partial charge is 0.404 e. The highest BCUT2D eigenvalue weighted by molar-refractivity contribution is 6.08. The van der Waals surface area contributed by atoms with E-state index in [1.165, 1.54) is 18.0 Å². The van der Waals surface area contributed by atoms with Crippen molar-refractivity contribution >= 4 is 17.8 Å². The highest BCUT2D eigenvalue weighted by Crippen LogP contribution is 2.23. The average molecular weight is 286 g/mol. The van der Waals surface area contributed by atoms with Gasteiger partial charge in [0.15, 0.2) is 0 Å². The second kappa shape index (κ2) is 6.92. The van der Waals surface area contributed by atoms with E-state index in [1.54, 1.807) is 4.90 Å². The van der Waals surface area contributed by atoms with Crippen LogP contribution in [-0.4, -0.2) is 30.2 Å². The number of amides is 2. The summed E-state index contributed by atoms with van der Waals surface area (Å²) in [7, 11) is 0. The molecular formula is C16H22N4O. The number of carbonyl (C=O) groups excluding carboxylic acids is 1. The van der Waals surface area contributed by atoms with Crippen LogP contribution in [0.3, 0.4) is 0 Å². The average Bonchev–Trinajstić information content (AvgIpc) is 2.49. The van der Waals surface area contributed by atoms with Crippen molar-refractivity contribution in [2.24, 2.45) is 17.4 Å². The molecule has 1 fully saturated rings. The van der Waals surface area contributed by atoms with Gasteiger partial charge in [-0.2, -0.15) is 0 Å². The van der Waals surface area contributed by atoms with Crippen LogP contribution in [0.2, 0.25) is 0 Å². The lowest BCUT2D eigenvalue weighted by Crippen LogP contribution is -2.41. The van der Waals surface area contributed by atoms with Crippen LogP contribution in [-0.2, 0) is 6.42 Å². The van der Waals surface area contributed by atoms with Crippen molar-refractivity contribution in [3.63, 3.8) is 0 Å². The minimum Gasteiger partial charge on any atom is -0.404 e. The van der Waals surface area contributed by atoms with Crippen LogP contribution in [0.25, 0.3) is 5.57 Å². The van der Waals surface area contributed by atoms with Crippen LogP contribution in [0.5, 0.6) is 0 Å². The van der Waals surface area contributed by atoms with Crippen molar-refractivity contribution in [1.29, 1.82) is 5.41 Å². The lowest BCUT2D eigenvalue weighted by Gasteiger charge is -2.30. The second-order valence-electron chi connectivity index (χ2n) is 5.44. The Morgan fingerprint density at radius 2 is 2.10 bits per heavy atom. The fourth-order valence-corrected chi connectivity index (χ4v) is 2.80. The van der Waals surface area contributed by atoms with Crippen LogP contribution in [0.4, 0.5) is 4.79 Å². The maximum Gasteiger partial charge on any atom is 0.314 e. The van der Waals surface area contributed by atoms with Gasteiger partial charge in [0.25, 0.3) is 0 Å². The third-order valence-electron chi connectivity index (χ3n) is 4.05. The summed E-state index contributed by atoms with van der Waals surface area (Å²) in [6, 6.07) is 7.82. The smallest absolute Gasteiger partial charge is 0.314 e. The first-order valence-corrected chi connectivity index (χ1v) is 7.20. The number of benzene rings is 1. The number of piperidine rings is 1. The van der Waals surface area contributed by atoms with E-state index in [0.29, 0.717) is 5.92 Å². The summed E-state index contributed by atoms with van der Waals surface area (Å²) in [5.74, 6) is 0.570.